The summed E-state index contributed by atoms with van der Waals surface area (Å²) >= 11 is 5.06. The lowest BCUT2D eigenvalue weighted by Gasteiger charge is -2.10. The minimum absolute atomic E-state index is 0.171. The van der Waals surface area contributed by atoms with E-state index < -0.39 is 6.04 Å². The highest BCUT2D eigenvalue weighted by Gasteiger charge is 2.13. The average Bonchev–Trinajstić information content (AvgIpc) is 2.99. The van der Waals surface area contributed by atoms with Gasteiger partial charge in [0.05, 0.1) is 12.6 Å². The summed E-state index contributed by atoms with van der Waals surface area (Å²) in [4.78, 5) is 16.2. The molecule has 0 spiro atoms. The van der Waals surface area contributed by atoms with Crippen molar-refractivity contribution in [1.29, 1.82) is 0 Å². The van der Waals surface area contributed by atoms with Crippen LogP contribution in [0.2, 0.25) is 0 Å². The highest BCUT2D eigenvalue weighted by Crippen LogP contribution is 2.18. The lowest BCUT2D eigenvalue weighted by Crippen LogP contribution is -2.40. The number of nitrogens with one attached hydrogen (secondary N) is 2. The Morgan fingerprint density at radius 3 is 2.86 bits per heavy atom. The molecule has 1 amide bonds. The molecule has 6 nitrogen and oxygen atoms in total. The van der Waals surface area contributed by atoms with Gasteiger partial charge in [0.15, 0.2) is 5.82 Å². The number of hydrogen-bond acceptors (Lipinski definition) is 5. The van der Waals surface area contributed by atoms with Crippen LogP contribution in [0, 0.1) is 0 Å². The van der Waals surface area contributed by atoms with E-state index in [1.54, 1.807) is 11.8 Å². The Kier molecular flexibility index (Phi) is 6.41. The van der Waals surface area contributed by atoms with Crippen LogP contribution in [0.4, 0.5) is 0 Å². The minimum atomic E-state index is -0.485. The first-order valence-electron chi connectivity index (χ1n) is 6.79. The summed E-state index contributed by atoms with van der Waals surface area (Å²) < 4.78 is 0.999. The van der Waals surface area contributed by atoms with Crippen molar-refractivity contribution in [2.75, 3.05) is 12.0 Å². The first-order valence-corrected chi connectivity index (χ1v) is 8.98. The van der Waals surface area contributed by atoms with Crippen LogP contribution in [0.15, 0.2) is 28.7 Å². The Bertz CT molecular complexity index is 616. The van der Waals surface area contributed by atoms with Crippen molar-refractivity contribution >= 4 is 33.6 Å². The third-order valence-corrected chi connectivity index (χ3v) is 4.21. The van der Waals surface area contributed by atoms with Crippen molar-refractivity contribution in [1.82, 2.24) is 20.5 Å². The predicted molar refractivity (Wildman–Crippen MR) is 92.3 cm³/mol. The second kappa shape index (κ2) is 8.30. The third kappa shape index (κ3) is 4.82. The zero-order valence-electron chi connectivity index (χ0n) is 12.2. The summed E-state index contributed by atoms with van der Waals surface area (Å²) in [6.07, 6.45) is 2.65. The van der Waals surface area contributed by atoms with Crippen LogP contribution in [0.1, 0.15) is 12.2 Å². The van der Waals surface area contributed by atoms with Crippen molar-refractivity contribution in [2.24, 2.45) is 5.73 Å². The van der Waals surface area contributed by atoms with Gasteiger partial charge in [-0.2, -0.15) is 16.9 Å². The summed E-state index contributed by atoms with van der Waals surface area (Å²) in [5, 5.41) is 9.74. The highest BCUT2D eigenvalue weighted by molar-refractivity contribution is 9.10. The quantitative estimate of drug-likeness (QED) is 0.678. The highest BCUT2D eigenvalue weighted by atomic mass is 79.9. The minimum Gasteiger partial charge on any atom is -0.347 e. The van der Waals surface area contributed by atoms with Gasteiger partial charge >= 0.3 is 0 Å². The molecule has 0 aliphatic carbocycles. The van der Waals surface area contributed by atoms with Crippen LogP contribution in [0.25, 0.3) is 11.4 Å². The molecule has 118 valence electrons. The number of amides is 1. The molecule has 1 atom stereocenters. The number of H-pyrrole nitrogens is 1. The predicted octanol–water partition coefficient (Wildman–Crippen LogP) is 1.93. The third-order valence-electron chi connectivity index (χ3n) is 3.03. The van der Waals surface area contributed by atoms with Crippen LogP contribution in [0.3, 0.4) is 0 Å². The van der Waals surface area contributed by atoms with Gasteiger partial charge in [0.25, 0.3) is 0 Å². The topological polar surface area (TPSA) is 96.7 Å². The number of nitrogens with two attached hydrogens (primary N) is 1. The number of hydrogen-bond donors (Lipinski definition) is 3. The normalized spacial score (nSPS) is 12.1. The summed E-state index contributed by atoms with van der Waals surface area (Å²) in [5.74, 6) is 1.90. The second-order valence-corrected chi connectivity index (χ2v) is 6.62. The summed E-state index contributed by atoms with van der Waals surface area (Å²) in [7, 11) is 0. The fourth-order valence-electron chi connectivity index (χ4n) is 1.78. The van der Waals surface area contributed by atoms with Gasteiger partial charge in [0.2, 0.25) is 5.91 Å². The van der Waals surface area contributed by atoms with Crippen molar-refractivity contribution in [3.05, 3.63) is 34.6 Å². The maximum atomic E-state index is 11.8. The van der Waals surface area contributed by atoms with Crippen molar-refractivity contribution in [3.63, 3.8) is 0 Å². The number of carbonyl (C=O) groups excluding carboxylic acids is 1. The maximum absolute atomic E-state index is 11.8. The molecule has 0 fully saturated rings. The number of halogens is 1. The molecule has 0 aliphatic heterocycles. The van der Waals surface area contributed by atoms with Crippen molar-refractivity contribution in [3.8, 4) is 11.4 Å². The standard InChI is InChI=1S/C14H18BrN5OS/c1-22-7-6-11(16)14(21)17-8-12-18-13(20-19-12)9-2-4-10(15)5-3-9/h2-5,11H,6-8,16H2,1H3,(H,17,21)(H,18,19,20)/t11-/m0/s1. The van der Waals surface area contributed by atoms with Gasteiger partial charge in [-0.1, -0.05) is 28.1 Å². The number of aromatic amines is 1. The Labute approximate surface area is 141 Å². The summed E-state index contributed by atoms with van der Waals surface area (Å²) in [6, 6.07) is 7.22. The van der Waals surface area contributed by atoms with Gasteiger partial charge in [-0.05, 0) is 30.6 Å². The van der Waals surface area contributed by atoms with Crippen molar-refractivity contribution in [2.45, 2.75) is 19.0 Å². The van der Waals surface area contributed by atoms with E-state index in [4.69, 9.17) is 5.73 Å². The molecule has 2 aromatic rings. The second-order valence-electron chi connectivity index (χ2n) is 4.72. The molecular formula is C14H18BrN5OS. The molecule has 1 aromatic heterocycles. The Hall–Kier alpha value is -1.38. The van der Waals surface area contributed by atoms with Gasteiger partial charge in [-0.25, -0.2) is 4.98 Å². The smallest absolute Gasteiger partial charge is 0.237 e. The van der Waals surface area contributed by atoms with Crippen LogP contribution < -0.4 is 11.1 Å². The number of carbonyl (C=O) groups is 1. The molecule has 0 radical (unpaired) electrons. The average molecular weight is 384 g/mol. The van der Waals surface area contributed by atoms with Gasteiger partial charge < -0.3 is 11.1 Å². The largest absolute Gasteiger partial charge is 0.347 e. The fourth-order valence-corrected chi connectivity index (χ4v) is 2.53. The van der Waals surface area contributed by atoms with E-state index in [0.29, 0.717) is 18.1 Å². The molecule has 0 aliphatic rings. The SMILES string of the molecule is CSCC[C@H](N)C(=O)NCc1nc(-c2ccc(Br)cc2)n[nH]1. The molecule has 0 saturated heterocycles. The molecular weight excluding hydrogens is 366 g/mol. The van der Waals surface area contributed by atoms with Gasteiger partial charge in [-0.3, -0.25) is 9.89 Å². The number of aromatic nitrogens is 3. The molecule has 1 aromatic carbocycles. The van der Waals surface area contributed by atoms with Crippen LogP contribution in [0.5, 0.6) is 0 Å². The molecule has 1 heterocycles. The number of benzene rings is 1. The van der Waals surface area contributed by atoms with Gasteiger partial charge in [0.1, 0.15) is 5.82 Å². The zero-order valence-corrected chi connectivity index (χ0v) is 14.6. The van der Waals surface area contributed by atoms with E-state index in [1.807, 2.05) is 30.5 Å². The van der Waals surface area contributed by atoms with E-state index in [-0.39, 0.29) is 12.5 Å². The van der Waals surface area contributed by atoms with E-state index in [9.17, 15) is 4.79 Å². The molecule has 0 saturated carbocycles. The van der Waals surface area contributed by atoms with Gasteiger partial charge in [-0.15, -0.1) is 0 Å². The Morgan fingerprint density at radius 2 is 2.18 bits per heavy atom. The van der Waals surface area contributed by atoms with E-state index in [1.165, 1.54) is 0 Å². The zero-order chi connectivity index (χ0) is 15.9. The maximum Gasteiger partial charge on any atom is 0.237 e. The van der Waals surface area contributed by atoms with E-state index in [0.717, 1.165) is 15.8 Å². The first kappa shape index (κ1) is 17.0. The number of nitrogens with zero attached hydrogens (tertiary/aromatic N) is 2. The Balaban J connectivity index is 1.89. The molecule has 8 heteroatoms. The van der Waals surface area contributed by atoms with Gasteiger partial charge in [0, 0.05) is 10.0 Å². The number of thioether (sulfide) groups is 1. The van der Waals surface area contributed by atoms with E-state index >= 15 is 0 Å². The van der Waals surface area contributed by atoms with E-state index in [2.05, 4.69) is 36.4 Å². The monoisotopic (exact) mass is 383 g/mol. The van der Waals surface area contributed by atoms with Crippen LogP contribution in [-0.4, -0.2) is 39.1 Å². The fraction of sp³-hybridized carbons (Fsp3) is 0.357. The molecule has 4 N–H and O–H groups in total. The lowest BCUT2D eigenvalue weighted by atomic mass is 10.2. The van der Waals surface area contributed by atoms with Crippen LogP contribution in [-0.2, 0) is 11.3 Å². The summed E-state index contributed by atoms with van der Waals surface area (Å²) in [5.41, 5.74) is 6.71. The van der Waals surface area contributed by atoms with Crippen LogP contribution >= 0.6 is 27.7 Å². The molecule has 0 bridgehead atoms. The molecule has 2 rings (SSSR count). The number of rotatable bonds is 7. The van der Waals surface area contributed by atoms with Crippen molar-refractivity contribution < 1.29 is 4.79 Å². The molecule has 0 unspecified atom stereocenters. The molecule has 22 heavy (non-hydrogen) atoms. The first-order chi connectivity index (χ1) is 10.6. The summed E-state index contributed by atoms with van der Waals surface area (Å²) in [6.45, 7) is 0.287. The Morgan fingerprint density at radius 1 is 1.45 bits per heavy atom. The lowest BCUT2D eigenvalue weighted by molar-refractivity contribution is -0.122.